The van der Waals surface area contributed by atoms with Crippen LogP contribution in [0.25, 0.3) is 0 Å². The molecule has 1 N–H and O–H groups in total. The number of hydrogen-bond acceptors (Lipinski definition) is 3. The van der Waals surface area contributed by atoms with Crippen molar-refractivity contribution < 1.29 is 32.6 Å². The topological polar surface area (TPSA) is 63.6 Å². The number of carbonyl (C=O) groups excluding carboxylic acids is 1. The van der Waals surface area contributed by atoms with Crippen LogP contribution in [-0.4, -0.2) is 36.2 Å². The predicted molar refractivity (Wildman–Crippen MR) is 41.2 cm³/mol. The number of rotatable bonds is 2. The summed E-state index contributed by atoms with van der Waals surface area (Å²) in [6.45, 7) is -0.730. The standard InChI is InChI=1S/C8H9F3O4/c9-8(10,11)3-7(6(13)14)4-15-2-1-5(7)12/h1-4H2,(H,13,14). The SMILES string of the molecule is O=C(O)C1(CC(F)(F)F)COCCC1=O. The largest absolute Gasteiger partial charge is 0.480 e. The molecule has 15 heavy (non-hydrogen) atoms. The van der Waals surface area contributed by atoms with E-state index in [-0.39, 0.29) is 13.0 Å². The first-order valence-corrected chi connectivity index (χ1v) is 4.19. The molecule has 7 heteroatoms. The summed E-state index contributed by atoms with van der Waals surface area (Å²) in [5.41, 5.74) is -2.45. The molecule has 86 valence electrons. The second kappa shape index (κ2) is 3.80. The van der Waals surface area contributed by atoms with Gasteiger partial charge in [-0.05, 0) is 0 Å². The van der Waals surface area contributed by atoms with Gasteiger partial charge in [-0.2, -0.15) is 13.2 Å². The Kier molecular flexibility index (Phi) is 3.03. The smallest absolute Gasteiger partial charge is 0.390 e. The molecule has 0 aromatic heterocycles. The Morgan fingerprint density at radius 2 is 2.13 bits per heavy atom. The first-order chi connectivity index (χ1) is 6.78. The van der Waals surface area contributed by atoms with Crippen LogP contribution in [0.1, 0.15) is 12.8 Å². The number of aliphatic carboxylic acids is 1. The van der Waals surface area contributed by atoms with Gasteiger partial charge in [-0.3, -0.25) is 9.59 Å². The minimum Gasteiger partial charge on any atom is -0.480 e. The summed E-state index contributed by atoms with van der Waals surface area (Å²) >= 11 is 0. The maximum absolute atomic E-state index is 12.1. The monoisotopic (exact) mass is 226 g/mol. The Morgan fingerprint density at radius 1 is 1.53 bits per heavy atom. The fourth-order valence-corrected chi connectivity index (χ4v) is 1.48. The van der Waals surface area contributed by atoms with E-state index in [4.69, 9.17) is 5.11 Å². The lowest BCUT2D eigenvalue weighted by atomic mass is 9.78. The molecule has 0 aromatic carbocycles. The molecular formula is C8H9F3O4. The summed E-state index contributed by atoms with van der Waals surface area (Å²) in [5.74, 6) is -2.69. The van der Waals surface area contributed by atoms with Gasteiger partial charge in [0, 0.05) is 6.42 Å². The highest BCUT2D eigenvalue weighted by molar-refractivity contribution is 6.03. The number of carboxylic acids is 1. The molecular weight excluding hydrogens is 217 g/mol. The minimum atomic E-state index is -4.70. The van der Waals surface area contributed by atoms with E-state index < -0.39 is 36.4 Å². The lowest BCUT2D eigenvalue weighted by molar-refractivity contribution is -0.193. The summed E-state index contributed by atoms with van der Waals surface area (Å²) < 4.78 is 41.1. The molecule has 1 fully saturated rings. The van der Waals surface area contributed by atoms with Gasteiger partial charge in [0.1, 0.15) is 0 Å². The third-order valence-electron chi connectivity index (χ3n) is 2.27. The number of carboxylic acid groups (broad SMARTS) is 1. The van der Waals surface area contributed by atoms with Crippen LogP contribution >= 0.6 is 0 Å². The van der Waals surface area contributed by atoms with E-state index in [2.05, 4.69) is 4.74 Å². The van der Waals surface area contributed by atoms with Crippen molar-refractivity contribution in [3.05, 3.63) is 0 Å². The Hall–Kier alpha value is -1.11. The highest BCUT2D eigenvalue weighted by Gasteiger charge is 2.54. The molecule has 0 saturated carbocycles. The number of ether oxygens (including phenoxy) is 1. The van der Waals surface area contributed by atoms with Crippen LogP contribution in [0.3, 0.4) is 0 Å². The first-order valence-electron chi connectivity index (χ1n) is 4.19. The van der Waals surface area contributed by atoms with E-state index in [9.17, 15) is 22.8 Å². The van der Waals surface area contributed by atoms with Crippen molar-refractivity contribution in [1.29, 1.82) is 0 Å². The van der Waals surface area contributed by atoms with Crippen LogP contribution in [0.5, 0.6) is 0 Å². The molecule has 1 unspecified atom stereocenters. The van der Waals surface area contributed by atoms with Crippen LogP contribution in [0, 0.1) is 5.41 Å². The summed E-state index contributed by atoms with van der Waals surface area (Å²) in [6.07, 6.45) is -6.66. The molecule has 1 heterocycles. The molecule has 1 rings (SSSR count). The van der Waals surface area contributed by atoms with Crippen molar-refractivity contribution >= 4 is 11.8 Å². The van der Waals surface area contributed by atoms with Crippen molar-refractivity contribution in [3.8, 4) is 0 Å². The van der Waals surface area contributed by atoms with Crippen LogP contribution in [-0.2, 0) is 14.3 Å². The van der Waals surface area contributed by atoms with Gasteiger partial charge in [-0.15, -0.1) is 0 Å². The molecule has 1 atom stereocenters. The van der Waals surface area contributed by atoms with Gasteiger partial charge in [0.25, 0.3) is 0 Å². The van der Waals surface area contributed by atoms with Gasteiger partial charge in [-0.25, -0.2) is 0 Å². The van der Waals surface area contributed by atoms with Gasteiger partial charge in [0.05, 0.1) is 19.6 Å². The Labute approximate surface area is 83.0 Å². The molecule has 0 bridgehead atoms. The fourth-order valence-electron chi connectivity index (χ4n) is 1.48. The van der Waals surface area contributed by atoms with Crippen LogP contribution in [0.4, 0.5) is 13.2 Å². The number of halogens is 3. The van der Waals surface area contributed by atoms with Gasteiger partial charge in [0.15, 0.2) is 11.2 Å². The zero-order chi connectivity index (χ0) is 11.7. The Balaban J connectivity index is 2.96. The molecule has 1 saturated heterocycles. The average Bonchev–Trinajstić information content (AvgIpc) is 2.06. The van der Waals surface area contributed by atoms with Crippen molar-refractivity contribution in [2.24, 2.45) is 5.41 Å². The second-order valence-corrected chi connectivity index (χ2v) is 3.40. The summed E-state index contributed by atoms with van der Waals surface area (Å²) in [5, 5.41) is 8.72. The maximum atomic E-state index is 12.1. The lowest BCUT2D eigenvalue weighted by Gasteiger charge is -2.31. The summed E-state index contributed by atoms with van der Waals surface area (Å²) in [4.78, 5) is 22.0. The first kappa shape index (κ1) is 12.0. The van der Waals surface area contributed by atoms with E-state index in [0.29, 0.717) is 0 Å². The third kappa shape index (κ3) is 2.47. The average molecular weight is 226 g/mol. The van der Waals surface area contributed by atoms with Gasteiger partial charge in [0.2, 0.25) is 0 Å². The minimum absolute atomic E-state index is 0.0221. The van der Waals surface area contributed by atoms with E-state index >= 15 is 0 Å². The quantitative estimate of drug-likeness (QED) is 0.713. The van der Waals surface area contributed by atoms with E-state index in [1.54, 1.807) is 0 Å². The van der Waals surface area contributed by atoms with Crippen LogP contribution in [0.15, 0.2) is 0 Å². The second-order valence-electron chi connectivity index (χ2n) is 3.40. The molecule has 0 amide bonds. The van der Waals surface area contributed by atoms with E-state index in [1.807, 2.05) is 0 Å². The number of alkyl halides is 3. The summed E-state index contributed by atoms with van der Waals surface area (Å²) in [7, 11) is 0. The maximum Gasteiger partial charge on any atom is 0.390 e. The highest BCUT2D eigenvalue weighted by Crippen LogP contribution is 2.37. The van der Waals surface area contributed by atoms with Crippen molar-refractivity contribution in [3.63, 3.8) is 0 Å². The van der Waals surface area contributed by atoms with Crippen LogP contribution in [0.2, 0.25) is 0 Å². The van der Waals surface area contributed by atoms with Crippen LogP contribution < -0.4 is 0 Å². The summed E-state index contributed by atoms with van der Waals surface area (Å²) in [6, 6.07) is 0. The van der Waals surface area contributed by atoms with Gasteiger partial charge >= 0.3 is 12.1 Å². The van der Waals surface area contributed by atoms with E-state index in [1.165, 1.54) is 0 Å². The van der Waals surface area contributed by atoms with E-state index in [0.717, 1.165) is 0 Å². The predicted octanol–water partition coefficient (Wildman–Crippen LogP) is 0.999. The molecule has 0 radical (unpaired) electrons. The molecule has 1 aliphatic heterocycles. The zero-order valence-electron chi connectivity index (χ0n) is 7.63. The van der Waals surface area contributed by atoms with Crippen molar-refractivity contribution in [2.45, 2.75) is 19.0 Å². The van der Waals surface area contributed by atoms with Crippen molar-refractivity contribution in [2.75, 3.05) is 13.2 Å². The molecule has 0 aromatic rings. The van der Waals surface area contributed by atoms with Crippen molar-refractivity contribution in [1.82, 2.24) is 0 Å². The molecule has 0 spiro atoms. The lowest BCUT2D eigenvalue weighted by Crippen LogP contribution is -2.49. The number of ketones is 1. The Morgan fingerprint density at radius 3 is 2.53 bits per heavy atom. The van der Waals surface area contributed by atoms with Gasteiger partial charge in [-0.1, -0.05) is 0 Å². The van der Waals surface area contributed by atoms with Gasteiger partial charge < -0.3 is 9.84 Å². The third-order valence-corrected chi connectivity index (χ3v) is 2.27. The Bertz CT molecular complexity index is 286. The molecule has 4 nitrogen and oxygen atoms in total. The molecule has 1 aliphatic rings. The number of Topliss-reactive ketones (excluding diaryl/α,β-unsaturated/α-hetero) is 1. The molecule has 0 aliphatic carbocycles. The number of hydrogen-bond donors (Lipinski definition) is 1. The zero-order valence-corrected chi connectivity index (χ0v) is 7.63. The highest BCUT2D eigenvalue weighted by atomic mass is 19.4. The fraction of sp³-hybridized carbons (Fsp3) is 0.750. The normalized spacial score (nSPS) is 27.8. The number of carbonyl (C=O) groups is 2.